The number of hydrogen-bond donors (Lipinski definition) is 2. The Kier molecular flexibility index (Phi) is 12.4. The summed E-state index contributed by atoms with van der Waals surface area (Å²) in [5.74, 6) is -1.79. The van der Waals surface area contributed by atoms with Gasteiger partial charge in [0.15, 0.2) is 0 Å². The van der Waals surface area contributed by atoms with Crippen LogP contribution in [0.2, 0.25) is 0 Å². The van der Waals surface area contributed by atoms with Crippen LogP contribution >= 0.6 is 0 Å². The fraction of sp³-hybridized carbons (Fsp3) is 0.789. The van der Waals surface area contributed by atoms with Crippen molar-refractivity contribution in [1.29, 1.82) is 0 Å². The molecule has 0 aromatic carbocycles. The summed E-state index contributed by atoms with van der Waals surface area (Å²) in [4.78, 5) is 22.8. The van der Waals surface area contributed by atoms with E-state index in [4.69, 9.17) is 0 Å². The van der Waals surface area contributed by atoms with Gasteiger partial charge in [0.2, 0.25) is 0 Å². The topological polar surface area (TPSA) is 74.6 Å². The van der Waals surface area contributed by atoms with E-state index in [0.717, 1.165) is 19.3 Å². The second kappa shape index (κ2) is 13.1. The van der Waals surface area contributed by atoms with Gasteiger partial charge in [-0.05, 0) is 31.6 Å². The molecular weight excluding hydrogens is 292 g/mol. The molecule has 0 fully saturated rings. The van der Waals surface area contributed by atoms with Crippen LogP contribution in [0.15, 0.2) is 11.1 Å². The van der Waals surface area contributed by atoms with E-state index in [2.05, 4.69) is 6.92 Å². The van der Waals surface area contributed by atoms with Crippen LogP contribution in [-0.2, 0) is 9.59 Å². The predicted octanol–water partition coefficient (Wildman–Crippen LogP) is 5.42. The van der Waals surface area contributed by atoms with Crippen molar-refractivity contribution in [2.24, 2.45) is 5.92 Å². The highest BCUT2D eigenvalue weighted by Gasteiger charge is 2.19. The molecule has 0 aliphatic heterocycles. The lowest BCUT2D eigenvalue weighted by Gasteiger charge is -2.10. The minimum absolute atomic E-state index is 0.0918. The summed E-state index contributed by atoms with van der Waals surface area (Å²) in [5.41, 5.74) is 0.193. The molecule has 0 unspecified atom stereocenters. The molecule has 23 heavy (non-hydrogen) atoms. The maximum atomic E-state index is 11.4. The SMILES string of the molecule is CCCCCCCCCCC(C(=O)O)=C(CCC(C)C)C(=O)O. The van der Waals surface area contributed by atoms with Gasteiger partial charge < -0.3 is 10.2 Å². The lowest BCUT2D eigenvalue weighted by atomic mass is 9.95. The highest BCUT2D eigenvalue weighted by Crippen LogP contribution is 2.21. The quantitative estimate of drug-likeness (QED) is 0.330. The normalized spacial score (nSPS) is 12.3. The van der Waals surface area contributed by atoms with Gasteiger partial charge in [0.1, 0.15) is 0 Å². The summed E-state index contributed by atoms with van der Waals surface area (Å²) < 4.78 is 0. The van der Waals surface area contributed by atoms with Crippen LogP contribution in [0.25, 0.3) is 0 Å². The maximum Gasteiger partial charge on any atom is 0.332 e. The van der Waals surface area contributed by atoms with E-state index in [1.54, 1.807) is 0 Å². The Bertz CT molecular complexity index is 383. The van der Waals surface area contributed by atoms with Crippen LogP contribution in [-0.4, -0.2) is 22.2 Å². The summed E-state index contributed by atoms with van der Waals surface area (Å²) in [7, 11) is 0. The minimum Gasteiger partial charge on any atom is -0.478 e. The first kappa shape index (κ1) is 21.7. The van der Waals surface area contributed by atoms with Crippen molar-refractivity contribution < 1.29 is 19.8 Å². The molecule has 0 aliphatic rings. The summed E-state index contributed by atoms with van der Waals surface area (Å²) in [6.07, 6.45) is 10.5. The molecule has 2 N–H and O–H groups in total. The van der Waals surface area contributed by atoms with Crippen molar-refractivity contribution in [3.05, 3.63) is 11.1 Å². The predicted molar refractivity (Wildman–Crippen MR) is 93.6 cm³/mol. The van der Waals surface area contributed by atoms with E-state index in [-0.39, 0.29) is 11.1 Å². The van der Waals surface area contributed by atoms with Gasteiger partial charge in [-0.3, -0.25) is 0 Å². The Hall–Kier alpha value is -1.32. The number of carbonyl (C=O) groups is 2. The molecule has 4 nitrogen and oxygen atoms in total. The second-order valence-electron chi connectivity index (χ2n) is 6.72. The molecule has 134 valence electrons. The van der Waals surface area contributed by atoms with Gasteiger partial charge in [0.25, 0.3) is 0 Å². The Labute approximate surface area is 141 Å². The van der Waals surface area contributed by atoms with Crippen LogP contribution in [0.4, 0.5) is 0 Å². The van der Waals surface area contributed by atoms with Crippen LogP contribution in [0, 0.1) is 5.92 Å². The van der Waals surface area contributed by atoms with Crippen LogP contribution in [0.3, 0.4) is 0 Å². The molecule has 0 aliphatic carbocycles. The Morgan fingerprint density at radius 3 is 1.61 bits per heavy atom. The number of carboxylic acids is 2. The zero-order chi connectivity index (χ0) is 17.7. The van der Waals surface area contributed by atoms with E-state index < -0.39 is 11.9 Å². The van der Waals surface area contributed by atoms with Gasteiger partial charge in [0.05, 0.1) is 0 Å². The van der Waals surface area contributed by atoms with Crippen molar-refractivity contribution >= 4 is 11.9 Å². The van der Waals surface area contributed by atoms with E-state index in [9.17, 15) is 19.8 Å². The molecule has 0 saturated heterocycles. The van der Waals surface area contributed by atoms with Crippen molar-refractivity contribution in [3.8, 4) is 0 Å². The average molecular weight is 326 g/mol. The van der Waals surface area contributed by atoms with Crippen LogP contribution in [0.5, 0.6) is 0 Å². The van der Waals surface area contributed by atoms with Gasteiger partial charge in [-0.25, -0.2) is 9.59 Å². The van der Waals surface area contributed by atoms with Gasteiger partial charge in [-0.15, -0.1) is 0 Å². The van der Waals surface area contributed by atoms with Crippen LogP contribution in [0.1, 0.15) is 91.4 Å². The third-order valence-corrected chi connectivity index (χ3v) is 4.13. The van der Waals surface area contributed by atoms with E-state index >= 15 is 0 Å². The number of hydrogen-bond acceptors (Lipinski definition) is 2. The summed E-state index contributed by atoms with van der Waals surface area (Å²) in [6.45, 7) is 6.22. The molecule has 4 heteroatoms. The first-order chi connectivity index (χ1) is 10.9. The van der Waals surface area contributed by atoms with Crippen molar-refractivity contribution in [2.75, 3.05) is 0 Å². The molecule has 0 rings (SSSR count). The summed E-state index contributed by atoms with van der Waals surface area (Å²) >= 11 is 0. The van der Waals surface area contributed by atoms with Gasteiger partial charge in [-0.2, -0.15) is 0 Å². The highest BCUT2D eigenvalue weighted by atomic mass is 16.4. The molecule has 0 saturated carbocycles. The van der Waals surface area contributed by atoms with Gasteiger partial charge in [-0.1, -0.05) is 65.7 Å². The van der Waals surface area contributed by atoms with Crippen molar-refractivity contribution in [2.45, 2.75) is 91.4 Å². The molecule has 0 bridgehead atoms. The largest absolute Gasteiger partial charge is 0.478 e. The molecule has 0 aromatic rings. The zero-order valence-corrected chi connectivity index (χ0v) is 15.1. The number of aliphatic carboxylic acids is 2. The van der Waals surface area contributed by atoms with Crippen LogP contribution < -0.4 is 0 Å². The average Bonchev–Trinajstić information content (AvgIpc) is 2.47. The zero-order valence-electron chi connectivity index (χ0n) is 15.1. The fourth-order valence-electron chi connectivity index (χ4n) is 2.64. The molecule has 0 radical (unpaired) electrons. The number of carboxylic acid groups (broad SMARTS) is 2. The fourth-order valence-corrected chi connectivity index (χ4v) is 2.64. The van der Waals surface area contributed by atoms with Gasteiger partial charge >= 0.3 is 11.9 Å². The molecule has 0 aromatic heterocycles. The lowest BCUT2D eigenvalue weighted by molar-refractivity contribution is -0.136. The van der Waals surface area contributed by atoms with Crippen molar-refractivity contribution in [3.63, 3.8) is 0 Å². The Morgan fingerprint density at radius 1 is 0.739 bits per heavy atom. The second-order valence-corrected chi connectivity index (χ2v) is 6.72. The standard InChI is InChI=1S/C19H34O4/c1-4-5-6-7-8-9-10-11-12-16(18(20)21)17(19(22)23)14-13-15(2)3/h15H,4-14H2,1-3H3,(H,20,21)(H,22,23). The van der Waals surface area contributed by atoms with E-state index in [1.165, 1.54) is 32.1 Å². The molecule has 0 amide bonds. The first-order valence-corrected chi connectivity index (χ1v) is 9.08. The van der Waals surface area contributed by atoms with E-state index in [1.807, 2.05) is 13.8 Å². The number of unbranched alkanes of at least 4 members (excludes halogenated alkanes) is 7. The Balaban J connectivity index is 4.38. The minimum atomic E-state index is -1.08. The van der Waals surface area contributed by atoms with Gasteiger partial charge in [0, 0.05) is 11.1 Å². The van der Waals surface area contributed by atoms with Crippen molar-refractivity contribution in [1.82, 2.24) is 0 Å². The third-order valence-electron chi connectivity index (χ3n) is 4.13. The molecule has 0 spiro atoms. The molecule has 0 atom stereocenters. The molecular formula is C19H34O4. The molecule has 0 heterocycles. The first-order valence-electron chi connectivity index (χ1n) is 9.08. The van der Waals surface area contributed by atoms with E-state index in [0.29, 0.717) is 25.2 Å². The maximum absolute atomic E-state index is 11.4. The summed E-state index contributed by atoms with van der Waals surface area (Å²) in [6, 6.07) is 0. The monoisotopic (exact) mass is 326 g/mol. The highest BCUT2D eigenvalue weighted by molar-refractivity contribution is 5.98. The lowest BCUT2D eigenvalue weighted by Crippen LogP contribution is -2.12. The third kappa shape index (κ3) is 10.9. The Morgan fingerprint density at radius 2 is 1.17 bits per heavy atom. The summed E-state index contributed by atoms with van der Waals surface area (Å²) in [5, 5.41) is 18.6. The smallest absolute Gasteiger partial charge is 0.332 e. The number of rotatable bonds is 14.